The third kappa shape index (κ3) is 5.17. The van der Waals surface area contributed by atoms with Crippen LogP contribution < -0.4 is 0 Å². The molecule has 0 saturated carbocycles. The minimum atomic E-state index is -0.0198. The van der Waals surface area contributed by atoms with Gasteiger partial charge in [-0.25, -0.2) is 0 Å². The highest BCUT2D eigenvalue weighted by molar-refractivity contribution is 5.76. The zero-order valence-electron chi connectivity index (χ0n) is 12.1. The molecule has 5 nitrogen and oxygen atoms in total. The first-order valence-electron chi connectivity index (χ1n) is 6.95. The van der Waals surface area contributed by atoms with Crippen molar-refractivity contribution in [2.45, 2.75) is 32.6 Å². The predicted octanol–water partition coefficient (Wildman–Crippen LogP) is 0.843. The number of piperidine rings is 1. The van der Waals surface area contributed by atoms with Gasteiger partial charge in [0, 0.05) is 45.1 Å². The first kappa shape index (κ1) is 15.9. The number of amides is 1. The monoisotopic (exact) mass is 267 g/mol. The van der Waals surface area contributed by atoms with E-state index < -0.39 is 0 Å². The lowest BCUT2D eigenvalue weighted by atomic mass is 9.83. The quantitative estimate of drug-likeness (QED) is 0.774. The van der Waals surface area contributed by atoms with Crippen LogP contribution in [0.5, 0.6) is 0 Å². The smallest absolute Gasteiger partial charge is 0.223 e. The maximum Gasteiger partial charge on any atom is 0.223 e. The molecule has 1 aliphatic rings. The number of carbonyl (C=O) groups excluding carboxylic acids is 1. The van der Waals surface area contributed by atoms with Gasteiger partial charge in [0.05, 0.1) is 12.5 Å². The summed E-state index contributed by atoms with van der Waals surface area (Å²) in [6.45, 7) is 5.41. The number of hydrogen-bond donors (Lipinski definition) is 1. The molecule has 1 N–H and O–H groups in total. The van der Waals surface area contributed by atoms with E-state index in [0.29, 0.717) is 19.4 Å². The Morgan fingerprint density at radius 1 is 1.58 bits per heavy atom. The summed E-state index contributed by atoms with van der Waals surface area (Å²) in [6.07, 6.45) is 3.00. The molecule has 0 spiro atoms. The number of nitrogens with zero attached hydrogens (tertiary/aromatic N) is 3. The van der Waals surface area contributed by atoms with Gasteiger partial charge in [0.2, 0.25) is 5.91 Å². The molecule has 0 bridgehead atoms. The largest absolute Gasteiger partial charge is 0.396 e. The zero-order chi connectivity index (χ0) is 14.3. The summed E-state index contributed by atoms with van der Waals surface area (Å²) in [5.74, 6) is 0.0894. The molecule has 1 unspecified atom stereocenters. The molecule has 1 heterocycles. The Kier molecular flexibility index (Phi) is 6.26. The van der Waals surface area contributed by atoms with Crippen LogP contribution >= 0.6 is 0 Å². The fourth-order valence-corrected chi connectivity index (χ4v) is 2.53. The van der Waals surface area contributed by atoms with E-state index in [2.05, 4.69) is 11.8 Å². The number of aliphatic hydroxyl groups excluding tert-OH is 1. The Labute approximate surface area is 115 Å². The third-order valence-corrected chi connectivity index (χ3v) is 3.87. The van der Waals surface area contributed by atoms with Crippen molar-refractivity contribution in [2.24, 2.45) is 5.41 Å². The lowest BCUT2D eigenvalue weighted by Gasteiger charge is -2.39. The number of nitriles is 1. The van der Waals surface area contributed by atoms with Crippen molar-refractivity contribution in [2.75, 3.05) is 39.8 Å². The summed E-state index contributed by atoms with van der Waals surface area (Å²) in [6, 6.07) is 2.05. The van der Waals surface area contributed by atoms with E-state index in [-0.39, 0.29) is 17.9 Å². The second-order valence-electron chi connectivity index (χ2n) is 5.82. The van der Waals surface area contributed by atoms with Crippen LogP contribution in [0.2, 0.25) is 0 Å². The molecule has 5 heteroatoms. The van der Waals surface area contributed by atoms with E-state index in [4.69, 9.17) is 5.26 Å². The van der Waals surface area contributed by atoms with E-state index in [1.54, 1.807) is 11.9 Å². The van der Waals surface area contributed by atoms with Gasteiger partial charge in [0.1, 0.15) is 0 Å². The second kappa shape index (κ2) is 7.46. The van der Waals surface area contributed by atoms with Gasteiger partial charge in [-0.2, -0.15) is 5.26 Å². The molecule has 1 aliphatic heterocycles. The number of aliphatic hydroxyl groups is 1. The summed E-state index contributed by atoms with van der Waals surface area (Å²) in [7, 11) is 1.74. The zero-order valence-corrected chi connectivity index (χ0v) is 12.1. The van der Waals surface area contributed by atoms with Gasteiger partial charge in [-0.05, 0) is 19.4 Å². The summed E-state index contributed by atoms with van der Waals surface area (Å²) in [4.78, 5) is 15.7. The lowest BCUT2D eigenvalue weighted by molar-refractivity contribution is -0.130. The van der Waals surface area contributed by atoms with Crippen LogP contribution in [-0.4, -0.2) is 60.6 Å². The van der Waals surface area contributed by atoms with Crippen molar-refractivity contribution < 1.29 is 9.90 Å². The highest BCUT2D eigenvalue weighted by Gasteiger charge is 2.30. The van der Waals surface area contributed by atoms with E-state index in [1.807, 2.05) is 6.07 Å². The Hall–Kier alpha value is -1.12. The van der Waals surface area contributed by atoms with Crippen molar-refractivity contribution in [3.05, 3.63) is 0 Å². The molecule has 1 amide bonds. The average molecular weight is 267 g/mol. The Morgan fingerprint density at radius 3 is 2.95 bits per heavy atom. The van der Waals surface area contributed by atoms with Crippen molar-refractivity contribution in [3.63, 3.8) is 0 Å². The molecule has 19 heavy (non-hydrogen) atoms. The van der Waals surface area contributed by atoms with Gasteiger partial charge >= 0.3 is 0 Å². The first-order valence-corrected chi connectivity index (χ1v) is 6.95. The number of rotatable bonds is 6. The van der Waals surface area contributed by atoms with Crippen LogP contribution in [0.4, 0.5) is 0 Å². The number of carbonyl (C=O) groups is 1. The Bertz CT molecular complexity index is 340. The minimum absolute atomic E-state index is 0.0198. The Balaban J connectivity index is 2.32. The fourth-order valence-electron chi connectivity index (χ4n) is 2.53. The molecule has 1 atom stereocenters. The highest BCUT2D eigenvalue weighted by atomic mass is 16.3. The average Bonchev–Trinajstić information content (AvgIpc) is 2.42. The molecule has 0 aliphatic carbocycles. The van der Waals surface area contributed by atoms with Crippen molar-refractivity contribution in [1.82, 2.24) is 9.80 Å². The SMILES string of the molecule is CN(CCC#N)C(=O)CCN1CCCC(C)(CO)C1. The van der Waals surface area contributed by atoms with Gasteiger partial charge in [-0.3, -0.25) is 4.79 Å². The van der Waals surface area contributed by atoms with Crippen LogP contribution in [0.25, 0.3) is 0 Å². The maximum absolute atomic E-state index is 11.9. The summed E-state index contributed by atoms with van der Waals surface area (Å²) in [5.41, 5.74) is -0.0198. The van der Waals surface area contributed by atoms with Gasteiger partial charge in [-0.1, -0.05) is 6.92 Å². The van der Waals surface area contributed by atoms with Gasteiger partial charge < -0.3 is 14.9 Å². The topological polar surface area (TPSA) is 67.6 Å². The third-order valence-electron chi connectivity index (χ3n) is 3.87. The van der Waals surface area contributed by atoms with E-state index in [0.717, 1.165) is 32.5 Å². The summed E-state index contributed by atoms with van der Waals surface area (Å²) >= 11 is 0. The van der Waals surface area contributed by atoms with Crippen LogP contribution in [0, 0.1) is 16.7 Å². The predicted molar refractivity (Wildman–Crippen MR) is 73.4 cm³/mol. The molecule has 1 saturated heterocycles. The molecule has 0 aromatic carbocycles. The molecule has 0 aromatic rings. The molecule has 1 fully saturated rings. The number of hydrogen-bond acceptors (Lipinski definition) is 4. The first-order chi connectivity index (χ1) is 9.00. The van der Waals surface area contributed by atoms with Crippen molar-refractivity contribution >= 4 is 5.91 Å². The molecular weight excluding hydrogens is 242 g/mol. The highest BCUT2D eigenvalue weighted by Crippen LogP contribution is 2.28. The van der Waals surface area contributed by atoms with E-state index in [1.165, 1.54) is 0 Å². The second-order valence-corrected chi connectivity index (χ2v) is 5.82. The summed E-state index contributed by atoms with van der Waals surface area (Å²) in [5, 5.41) is 17.9. The molecular formula is C14H25N3O2. The number of likely N-dealkylation sites (tertiary alicyclic amines) is 1. The normalized spacial score (nSPS) is 23.9. The minimum Gasteiger partial charge on any atom is -0.396 e. The van der Waals surface area contributed by atoms with Crippen LogP contribution in [0.1, 0.15) is 32.6 Å². The molecule has 108 valence electrons. The van der Waals surface area contributed by atoms with Gasteiger partial charge in [0.15, 0.2) is 0 Å². The van der Waals surface area contributed by atoms with Crippen LogP contribution in [0.3, 0.4) is 0 Å². The fraction of sp³-hybridized carbons (Fsp3) is 0.857. The van der Waals surface area contributed by atoms with Gasteiger partial charge in [0.25, 0.3) is 0 Å². The van der Waals surface area contributed by atoms with Crippen molar-refractivity contribution in [1.29, 1.82) is 5.26 Å². The van der Waals surface area contributed by atoms with E-state index in [9.17, 15) is 9.90 Å². The van der Waals surface area contributed by atoms with Crippen LogP contribution in [0.15, 0.2) is 0 Å². The molecule has 0 aromatic heterocycles. The van der Waals surface area contributed by atoms with Gasteiger partial charge in [-0.15, -0.1) is 0 Å². The molecule has 0 radical (unpaired) electrons. The maximum atomic E-state index is 11.9. The van der Waals surface area contributed by atoms with Crippen molar-refractivity contribution in [3.8, 4) is 6.07 Å². The standard InChI is InChI=1S/C14H25N3O2/c1-14(12-18)6-3-9-17(11-14)10-5-13(19)16(2)8-4-7-15/h18H,3-6,8-12H2,1-2H3. The molecule has 1 rings (SSSR count). The Morgan fingerprint density at radius 2 is 2.32 bits per heavy atom. The summed E-state index contributed by atoms with van der Waals surface area (Å²) < 4.78 is 0. The van der Waals surface area contributed by atoms with E-state index >= 15 is 0 Å². The lowest BCUT2D eigenvalue weighted by Crippen LogP contribution is -2.44. The van der Waals surface area contributed by atoms with Crippen LogP contribution in [-0.2, 0) is 4.79 Å².